The van der Waals surface area contributed by atoms with E-state index in [1.54, 1.807) is 23.5 Å². The molecule has 0 unspecified atom stereocenters. The number of aliphatic hydroxyl groups excluding tert-OH is 1. The van der Waals surface area contributed by atoms with Gasteiger partial charge in [-0.2, -0.15) is 0 Å². The number of nitro groups is 1. The molecule has 0 radical (unpaired) electrons. The topological polar surface area (TPSA) is 69.9 Å². The number of non-ortho nitro benzene ring substituents is 1. The molecule has 1 N–H and O–H groups in total. The SMILES string of the molecule is O=[N+]([O-])c1ccc(CCN2CCN(c3cccc4sc(CO)cc34)CC2)cc1. The minimum atomic E-state index is -0.361. The summed E-state index contributed by atoms with van der Waals surface area (Å²) in [6.07, 6.45) is 0.901. The second-order valence-electron chi connectivity index (χ2n) is 7.06. The van der Waals surface area contributed by atoms with Gasteiger partial charge in [0.2, 0.25) is 0 Å². The summed E-state index contributed by atoms with van der Waals surface area (Å²) < 4.78 is 1.22. The van der Waals surface area contributed by atoms with Gasteiger partial charge in [-0.25, -0.2) is 0 Å². The highest BCUT2D eigenvalue weighted by atomic mass is 32.1. The lowest BCUT2D eigenvalue weighted by Gasteiger charge is -2.36. The van der Waals surface area contributed by atoms with Crippen LogP contribution in [-0.4, -0.2) is 47.7 Å². The van der Waals surface area contributed by atoms with Gasteiger partial charge in [-0.15, -0.1) is 11.3 Å². The van der Waals surface area contributed by atoms with Crippen LogP contribution in [0, 0.1) is 10.1 Å². The Bertz CT molecular complexity index is 963. The minimum Gasteiger partial charge on any atom is -0.391 e. The standard InChI is InChI=1S/C21H23N3O3S/c25-15-18-14-19-20(2-1-3-21(19)28-18)23-12-10-22(11-13-23)9-8-16-4-6-17(7-5-16)24(26)27/h1-7,14,25H,8-13,15H2. The average Bonchev–Trinajstić information content (AvgIpc) is 3.16. The number of nitrogens with zero attached hydrogens (tertiary/aromatic N) is 3. The van der Waals surface area contributed by atoms with Gasteiger partial charge in [0.25, 0.3) is 5.69 Å². The van der Waals surface area contributed by atoms with Gasteiger partial charge in [-0.1, -0.05) is 18.2 Å². The van der Waals surface area contributed by atoms with Crippen molar-refractivity contribution in [2.75, 3.05) is 37.6 Å². The molecule has 3 aromatic rings. The highest BCUT2D eigenvalue weighted by molar-refractivity contribution is 7.19. The number of rotatable bonds is 6. The molecule has 1 saturated heterocycles. The van der Waals surface area contributed by atoms with E-state index in [2.05, 4.69) is 34.1 Å². The van der Waals surface area contributed by atoms with Crippen molar-refractivity contribution in [2.24, 2.45) is 0 Å². The quantitative estimate of drug-likeness (QED) is 0.508. The van der Waals surface area contributed by atoms with Crippen LogP contribution in [0.4, 0.5) is 11.4 Å². The van der Waals surface area contributed by atoms with Crippen molar-refractivity contribution in [3.63, 3.8) is 0 Å². The fourth-order valence-electron chi connectivity index (χ4n) is 3.74. The third kappa shape index (κ3) is 4.01. The third-order valence-electron chi connectivity index (χ3n) is 5.32. The van der Waals surface area contributed by atoms with Crippen molar-refractivity contribution >= 4 is 32.8 Å². The van der Waals surface area contributed by atoms with Crippen LogP contribution in [0.2, 0.25) is 0 Å². The summed E-state index contributed by atoms with van der Waals surface area (Å²) in [5.41, 5.74) is 2.53. The molecule has 0 bridgehead atoms. The first kappa shape index (κ1) is 18.9. The predicted octanol–water partition coefficient (Wildman–Crippen LogP) is 3.67. The second kappa shape index (κ2) is 8.26. The van der Waals surface area contributed by atoms with Gasteiger partial charge >= 0.3 is 0 Å². The lowest BCUT2D eigenvalue weighted by Crippen LogP contribution is -2.47. The molecule has 6 nitrogen and oxygen atoms in total. The van der Waals surface area contributed by atoms with Crippen LogP contribution in [0.5, 0.6) is 0 Å². The Hall–Kier alpha value is -2.48. The molecule has 146 valence electrons. The predicted molar refractivity (Wildman–Crippen MR) is 113 cm³/mol. The first-order chi connectivity index (χ1) is 13.6. The summed E-state index contributed by atoms with van der Waals surface area (Å²) >= 11 is 1.66. The number of hydrogen-bond acceptors (Lipinski definition) is 6. The minimum absolute atomic E-state index is 0.0925. The summed E-state index contributed by atoms with van der Waals surface area (Å²) in [6, 6.07) is 15.3. The Morgan fingerprint density at radius 3 is 2.50 bits per heavy atom. The average molecular weight is 398 g/mol. The van der Waals surface area contributed by atoms with Crippen molar-refractivity contribution in [1.82, 2.24) is 4.90 Å². The first-order valence-electron chi connectivity index (χ1n) is 9.47. The summed E-state index contributed by atoms with van der Waals surface area (Å²) in [6.45, 7) is 5.01. The van der Waals surface area contributed by atoms with Gasteiger partial charge in [0.1, 0.15) is 0 Å². The molecule has 4 rings (SSSR count). The fraction of sp³-hybridized carbons (Fsp3) is 0.333. The number of aliphatic hydroxyl groups is 1. The Morgan fingerprint density at radius 2 is 1.82 bits per heavy atom. The van der Waals surface area contributed by atoms with Gasteiger partial charge in [0, 0.05) is 65.5 Å². The van der Waals surface area contributed by atoms with Crippen LogP contribution in [0.1, 0.15) is 10.4 Å². The van der Waals surface area contributed by atoms with Crippen molar-refractivity contribution < 1.29 is 10.0 Å². The first-order valence-corrected chi connectivity index (χ1v) is 10.3. The molecular weight excluding hydrogens is 374 g/mol. The van der Waals surface area contributed by atoms with E-state index >= 15 is 0 Å². The van der Waals surface area contributed by atoms with Crippen molar-refractivity contribution in [2.45, 2.75) is 13.0 Å². The van der Waals surface area contributed by atoms with Crippen LogP contribution in [0.25, 0.3) is 10.1 Å². The van der Waals surface area contributed by atoms with Gasteiger partial charge in [-0.3, -0.25) is 15.0 Å². The number of benzene rings is 2. The Balaban J connectivity index is 1.35. The molecule has 0 aliphatic carbocycles. The molecule has 28 heavy (non-hydrogen) atoms. The van der Waals surface area contributed by atoms with E-state index in [9.17, 15) is 15.2 Å². The van der Waals surface area contributed by atoms with E-state index in [1.165, 1.54) is 15.8 Å². The molecule has 1 aliphatic heterocycles. The van der Waals surface area contributed by atoms with E-state index < -0.39 is 0 Å². The zero-order valence-electron chi connectivity index (χ0n) is 15.6. The molecular formula is C21H23N3O3S. The largest absolute Gasteiger partial charge is 0.391 e. The van der Waals surface area contributed by atoms with Crippen molar-refractivity contribution in [3.05, 3.63) is 69.1 Å². The lowest BCUT2D eigenvalue weighted by atomic mass is 10.1. The van der Waals surface area contributed by atoms with Gasteiger partial charge in [0.15, 0.2) is 0 Å². The van der Waals surface area contributed by atoms with Crippen LogP contribution in [-0.2, 0) is 13.0 Å². The third-order valence-corrected chi connectivity index (χ3v) is 6.41. The zero-order valence-corrected chi connectivity index (χ0v) is 16.4. The molecule has 2 aromatic carbocycles. The van der Waals surface area contributed by atoms with Gasteiger partial charge in [0.05, 0.1) is 11.5 Å². The number of hydrogen-bond donors (Lipinski definition) is 1. The van der Waals surface area contributed by atoms with E-state index in [0.717, 1.165) is 49.6 Å². The summed E-state index contributed by atoms with van der Waals surface area (Å²) in [5.74, 6) is 0. The Kier molecular flexibility index (Phi) is 5.57. The van der Waals surface area contributed by atoms with Crippen LogP contribution in [0.15, 0.2) is 48.5 Å². The molecule has 2 heterocycles. The van der Waals surface area contributed by atoms with Crippen molar-refractivity contribution in [3.8, 4) is 0 Å². The van der Waals surface area contributed by atoms with Gasteiger partial charge < -0.3 is 10.0 Å². The van der Waals surface area contributed by atoms with Gasteiger partial charge in [-0.05, 0) is 30.2 Å². The molecule has 0 saturated carbocycles. The fourth-order valence-corrected chi connectivity index (χ4v) is 4.68. The lowest BCUT2D eigenvalue weighted by molar-refractivity contribution is -0.384. The molecule has 1 fully saturated rings. The summed E-state index contributed by atoms with van der Waals surface area (Å²) in [5, 5.41) is 21.4. The maximum Gasteiger partial charge on any atom is 0.269 e. The number of fused-ring (bicyclic) bond motifs is 1. The van der Waals surface area contributed by atoms with Crippen LogP contribution >= 0.6 is 11.3 Å². The van der Waals surface area contributed by atoms with E-state index in [4.69, 9.17) is 0 Å². The maximum absolute atomic E-state index is 10.7. The molecule has 0 amide bonds. The van der Waals surface area contributed by atoms with E-state index in [-0.39, 0.29) is 17.2 Å². The number of piperazine rings is 1. The number of thiophene rings is 1. The number of anilines is 1. The van der Waals surface area contributed by atoms with E-state index in [1.807, 2.05) is 12.1 Å². The van der Waals surface area contributed by atoms with Crippen LogP contribution < -0.4 is 4.90 Å². The molecule has 1 aromatic heterocycles. The highest BCUT2D eigenvalue weighted by Crippen LogP contribution is 2.33. The Labute approximate surface area is 167 Å². The molecule has 0 spiro atoms. The highest BCUT2D eigenvalue weighted by Gasteiger charge is 2.19. The summed E-state index contributed by atoms with van der Waals surface area (Å²) in [4.78, 5) is 16.3. The normalized spacial score (nSPS) is 15.2. The summed E-state index contributed by atoms with van der Waals surface area (Å²) in [7, 11) is 0. The van der Waals surface area contributed by atoms with Crippen molar-refractivity contribution in [1.29, 1.82) is 0 Å². The van der Waals surface area contributed by atoms with E-state index in [0.29, 0.717) is 0 Å². The monoisotopic (exact) mass is 397 g/mol. The number of nitro benzene ring substituents is 1. The second-order valence-corrected chi connectivity index (χ2v) is 8.23. The molecule has 0 atom stereocenters. The molecule has 7 heteroatoms. The Morgan fingerprint density at radius 1 is 1.07 bits per heavy atom. The zero-order chi connectivity index (χ0) is 19.5. The smallest absolute Gasteiger partial charge is 0.269 e. The van der Waals surface area contributed by atoms with Crippen LogP contribution in [0.3, 0.4) is 0 Å². The molecule has 1 aliphatic rings. The maximum atomic E-state index is 10.7.